The summed E-state index contributed by atoms with van der Waals surface area (Å²) in [6.07, 6.45) is 7.99. The molecule has 10 heavy (non-hydrogen) atoms. The van der Waals surface area contributed by atoms with Gasteiger partial charge in [-0.15, -0.1) is 0 Å². The first-order valence-electron chi connectivity index (χ1n) is 4.21. The first kappa shape index (κ1) is 13.3. The zero-order valence-electron chi connectivity index (χ0n) is 7.36. The molecule has 0 heterocycles. The van der Waals surface area contributed by atoms with E-state index in [0.29, 0.717) is 0 Å². The molecule has 1 rings (SSSR count). The molecular weight excluding hydrogens is 294 g/mol. The van der Waals surface area contributed by atoms with E-state index >= 15 is 0 Å². The van der Waals surface area contributed by atoms with Gasteiger partial charge in [0.1, 0.15) is 0 Å². The van der Waals surface area contributed by atoms with Crippen molar-refractivity contribution >= 4 is 0 Å². The van der Waals surface area contributed by atoms with E-state index in [-0.39, 0.29) is 20.4 Å². The maximum atomic E-state index is 2.40. The van der Waals surface area contributed by atoms with Gasteiger partial charge in [0.15, 0.2) is 0 Å². The van der Waals surface area contributed by atoms with Crippen molar-refractivity contribution in [3.05, 3.63) is 6.42 Å². The van der Waals surface area contributed by atoms with Crippen molar-refractivity contribution in [3.8, 4) is 0 Å². The Labute approximate surface area is 79.4 Å². The fourth-order valence-electron chi connectivity index (χ4n) is 1.09. The summed E-state index contributed by atoms with van der Waals surface area (Å²) in [6.45, 7) is 6.34. The van der Waals surface area contributed by atoms with E-state index in [9.17, 15) is 0 Å². The smallest absolute Gasteiger partial charge is 0 e. The van der Waals surface area contributed by atoms with E-state index in [1.165, 1.54) is 25.7 Å². The Hall–Kier alpha value is 0.662. The normalized spacial score (nSPS) is 18.3. The largest absolute Gasteiger partial charge is 0.328 e. The van der Waals surface area contributed by atoms with Crippen LogP contribution in [0.1, 0.15) is 46.5 Å². The summed E-state index contributed by atoms with van der Waals surface area (Å²) in [5.74, 6) is 1.00. The standard InChI is InChI=1S/C7H13.C2H6.Re/c1-7-5-3-2-4-6-7;1-2;/h2,7H,3-6H2,1H3;1-2H3;/q-1;;. The molecule has 1 radical (unpaired) electrons. The van der Waals surface area contributed by atoms with Crippen LogP contribution in [0.25, 0.3) is 0 Å². The van der Waals surface area contributed by atoms with E-state index in [1.54, 1.807) is 0 Å². The number of rotatable bonds is 0. The molecule has 1 saturated carbocycles. The maximum absolute atomic E-state index is 2.40. The van der Waals surface area contributed by atoms with Gasteiger partial charge >= 0.3 is 0 Å². The van der Waals surface area contributed by atoms with Crippen molar-refractivity contribution in [3.63, 3.8) is 0 Å². The van der Waals surface area contributed by atoms with Crippen LogP contribution in [0.15, 0.2) is 0 Å². The van der Waals surface area contributed by atoms with Crippen molar-refractivity contribution in [1.29, 1.82) is 0 Å². The van der Waals surface area contributed by atoms with Gasteiger partial charge in [0.25, 0.3) is 0 Å². The van der Waals surface area contributed by atoms with Crippen molar-refractivity contribution in [2.24, 2.45) is 5.92 Å². The fraction of sp³-hybridized carbons (Fsp3) is 0.889. The third kappa shape index (κ3) is 6.78. The summed E-state index contributed by atoms with van der Waals surface area (Å²) in [5, 5.41) is 0. The summed E-state index contributed by atoms with van der Waals surface area (Å²) in [7, 11) is 0. The van der Waals surface area contributed by atoms with Crippen LogP contribution in [0.5, 0.6) is 0 Å². The van der Waals surface area contributed by atoms with E-state index in [2.05, 4.69) is 13.3 Å². The second-order valence-electron chi connectivity index (χ2n) is 2.55. The molecule has 63 valence electrons. The van der Waals surface area contributed by atoms with Crippen molar-refractivity contribution in [2.75, 3.05) is 0 Å². The van der Waals surface area contributed by atoms with Crippen LogP contribution in [0, 0.1) is 12.3 Å². The van der Waals surface area contributed by atoms with Gasteiger partial charge in [0, 0.05) is 20.4 Å². The van der Waals surface area contributed by atoms with Gasteiger partial charge in [-0.25, -0.2) is 0 Å². The van der Waals surface area contributed by atoms with Crippen LogP contribution in [-0.2, 0) is 20.4 Å². The fourth-order valence-corrected chi connectivity index (χ4v) is 1.09. The minimum absolute atomic E-state index is 0. The predicted octanol–water partition coefficient (Wildman–Crippen LogP) is 3.42. The van der Waals surface area contributed by atoms with Crippen LogP contribution in [0.2, 0.25) is 0 Å². The third-order valence-corrected chi connectivity index (χ3v) is 1.73. The molecule has 0 aromatic rings. The van der Waals surface area contributed by atoms with Crippen LogP contribution < -0.4 is 0 Å². The Balaban J connectivity index is 0. The van der Waals surface area contributed by atoms with E-state index < -0.39 is 0 Å². The van der Waals surface area contributed by atoms with Crippen LogP contribution in [0.4, 0.5) is 0 Å². The topological polar surface area (TPSA) is 0 Å². The SMILES string of the molecule is CC.CC1CC[CH-]CC1.[Re]. The summed E-state index contributed by atoms with van der Waals surface area (Å²) in [4.78, 5) is 0. The second kappa shape index (κ2) is 9.66. The van der Waals surface area contributed by atoms with Crippen LogP contribution in [-0.4, -0.2) is 0 Å². The van der Waals surface area contributed by atoms with Gasteiger partial charge < -0.3 is 6.42 Å². The predicted molar refractivity (Wildman–Crippen MR) is 43.3 cm³/mol. The first-order chi connectivity index (χ1) is 4.39. The molecular formula is C9H19Re-. The zero-order valence-corrected chi connectivity index (χ0v) is 10.1. The molecule has 1 fully saturated rings. The number of hydrogen-bond acceptors (Lipinski definition) is 0. The van der Waals surface area contributed by atoms with Gasteiger partial charge in [-0.1, -0.05) is 33.6 Å². The van der Waals surface area contributed by atoms with E-state index in [1.807, 2.05) is 13.8 Å². The zero-order chi connectivity index (χ0) is 7.11. The second-order valence-corrected chi connectivity index (χ2v) is 2.55. The molecule has 0 saturated heterocycles. The third-order valence-electron chi connectivity index (χ3n) is 1.73. The molecule has 0 aromatic heterocycles. The molecule has 0 aliphatic heterocycles. The molecule has 0 N–H and O–H groups in total. The Bertz CT molecular complexity index is 46.7. The van der Waals surface area contributed by atoms with Gasteiger partial charge in [-0.05, 0) is 5.92 Å². The van der Waals surface area contributed by atoms with Crippen LogP contribution in [0.3, 0.4) is 0 Å². The minimum atomic E-state index is 0. The summed E-state index contributed by atoms with van der Waals surface area (Å²) >= 11 is 0. The summed E-state index contributed by atoms with van der Waals surface area (Å²) in [6, 6.07) is 0. The summed E-state index contributed by atoms with van der Waals surface area (Å²) in [5.41, 5.74) is 0. The molecule has 0 amide bonds. The Morgan fingerprint density at radius 2 is 1.50 bits per heavy atom. The quantitative estimate of drug-likeness (QED) is 0.601. The van der Waals surface area contributed by atoms with Gasteiger partial charge in [-0.2, -0.15) is 12.8 Å². The molecule has 0 nitrogen and oxygen atoms in total. The first-order valence-corrected chi connectivity index (χ1v) is 4.21. The molecule has 1 aliphatic rings. The molecule has 1 aliphatic carbocycles. The Morgan fingerprint density at radius 1 is 1.10 bits per heavy atom. The average Bonchev–Trinajstić information content (AvgIpc) is 1.94. The average molecular weight is 313 g/mol. The molecule has 0 atom stereocenters. The minimum Gasteiger partial charge on any atom is -0.328 e. The van der Waals surface area contributed by atoms with E-state index in [0.717, 1.165) is 5.92 Å². The molecule has 0 bridgehead atoms. The van der Waals surface area contributed by atoms with Crippen molar-refractivity contribution < 1.29 is 20.4 Å². The molecule has 1 heteroatoms. The Morgan fingerprint density at radius 3 is 1.70 bits per heavy atom. The van der Waals surface area contributed by atoms with Crippen LogP contribution >= 0.6 is 0 Å². The number of hydrogen-bond donors (Lipinski definition) is 0. The monoisotopic (exact) mass is 314 g/mol. The maximum Gasteiger partial charge on any atom is 0 e. The van der Waals surface area contributed by atoms with E-state index in [4.69, 9.17) is 0 Å². The summed E-state index contributed by atoms with van der Waals surface area (Å²) < 4.78 is 0. The Kier molecular flexibility index (Phi) is 12.8. The van der Waals surface area contributed by atoms with Gasteiger partial charge in [0.05, 0.1) is 0 Å². The van der Waals surface area contributed by atoms with Crippen molar-refractivity contribution in [2.45, 2.75) is 46.5 Å². The van der Waals surface area contributed by atoms with Gasteiger partial charge in [0.2, 0.25) is 0 Å². The van der Waals surface area contributed by atoms with Gasteiger partial charge in [-0.3, -0.25) is 0 Å². The molecule has 0 spiro atoms. The molecule has 0 unspecified atom stereocenters. The van der Waals surface area contributed by atoms with Crippen molar-refractivity contribution in [1.82, 2.24) is 0 Å². The molecule has 0 aromatic carbocycles.